The maximum absolute atomic E-state index is 12.9. The summed E-state index contributed by atoms with van der Waals surface area (Å²) in [7, 11) is 0. The van der Waals surface area contributed by atoms with Gasteiger partial charge in [0, 0.05) is 31.7 Å². The predicted octanol–water partition coefficient (Wildman–Crippen LogP) is 2.77. The Balaban J connectivity index is 1.60. The van der Waals surface area contributed by atoms with Gasteiger partial charge in [0.05, 0.1) is 12.0 Å². The lowest BCUT2D eigenvalue weighted by Crippen LogP contribution is -2.46. The summed E-state index contributed by atoms with van der Waals surface area (Å²) >= 11 is 0. The Morgan fingerprint density at radius 2 is 2.08 bits per heavy atom. The zero-order valence-corrected chi connectivity index (χ0v) is 15.1. The first-order valence-corrected chi connectivity index (χ1v) is 9.41. The lowest BCUT2D eigenvalue weighted by molar-refractivity contribution is -0.146. The fraction of sp³-hybridized carbons (Fsp3) is 0.833. The Morgan fingerprint density at radius 1 is 1.33 bits per heavy atom. The minimum Gasteiger partial charge on any atom is -0.377 e. The van der Waals surface area contributed by atoms with Gasteiger partial charge < -0.3 is 14.2 Å². The van der Waals surface area contributed by atoms with Crippen LogP contribution in [-0.4, -0.2) is 51.4 Å². The molecule has 2 saturated heterocycles. The average molecular weight is 334 g/mol. The number of piperidine rings is 1. The molecule has 1 amide bonds. The minimum atomic E-state index is 0.0552. The standard InChI is InChI=1S/C18H30N4O2/c1-4-16-15(6-5-11-24-16)18(23)21-9-7-14(8-10-21)17-20-19-12-22(17)13(2)3/h12-16H,4-11H2,1-3H3. The zero-order valence-electron chi connectivity index (χ0n) is 15.1. The van der Waals surface area contributed by atoms with Crippen molar-refractivity contribution in [2.45, 2.75) is 70.9 Å². The van der Waals surface area contributed by atoms with Gasteiger partial charge in [0.15, 0.2) is 0 Å². The van der Waals surface area contributed by atoms with E-state index >= 15 is 0 Å². The molecule has 0 bridgehead atoms. The van der Waals surface area contributed by atoms with Crippen LogP contribution in [0.3, 0.4) is 0 Å². The number of hydrogen-bond acceptors (Lipinski definition) is 4. The topological polar surface area (TPSA) is 60.2 Å². The summed E-state index contributed by atoms with van der Waals surface area (Å²) in [5, 5.41) is 8.42. The van der Waals surface area contributed by atoms with Crippen LogP contribution in [0, 0.1) is 5.92 Å². The first-order valence-electron chi connectivity index (χ1n) is 9.41. The van der Waals surface area contributed by atoms with Crippen molar-refractivity contribution in [3.8, 4) is 0 Å². The second-order valence-electron chi connectivity index (χ2n) is 7.36. The smallest absolute Gasteiger partial charge is 0.228 e. The Morgan fingerprint density at radius 3 is 2.75 bits per heavy atom. The number of nitrogens with zero attached hydrogens (tertiary/aromatic N) is 4. The molecule has 1 aromatic heterocycles. The van der Waals surface area contributed by atoms with Crippen LogP contribution in [0.2, 0.25) is 0 Å². The van der Waals surface area contributed by atoms with E-state index in [-0.39, 0.29) is 12.0 Å². The zero-order chi connectivity index (χ0) is 17.1. The summed E-state index contributed by atoms with van der Waals surface area (Å²) in [6.07, 6.45) is 6.77. The molecule has 2 atom stereocenters. The van der Waals surface area contributed by atoms with Gasteiger partial charge in [-0.05, 0) is 46.0 Å². The van der Waals surface area contributed by atoms with Gasteiger partial charge in [-0.15, -0.1) is 10.2 Å². The average Bonchev–Trinajstić information content (AvgIpc) is 3.11. The molecule has 3 rings (SSSR count). The third kappa shape index (κ3) is 3.48. The van der Waals surface area contributed by atoms with Crippen molar-refractivity contribution in [3.05, 3.63) is 12.2 Å². The molecule has 0 N–H and O–H groups in total. The van der Waals surface area contributed by atoms with Crippen LogP contribution >= 0.6 is 0 Å². The highest BCUT2D eigenvalue weighted by molar-refractivity contribution is 5.79. The fourth-order valence-corrected chi connectivity index (χ4v) is 4.06. The second kappa shape index (κ2) is 7.64. The van der Waals surface area contributed by atoms with Gasteiger partial charge in [-0.2, -0.15) is 0 Å². The van der Waals surface area contributed by atoms with Crippen LogP contribution in [-0.2, 0) is 9.53 Å². The molecule has 0 saturated carbocycles. The van der Waals surface area contributed by atoms with E-state index in [0.717, 1.165) is 57.6 Å². The van der Waals surface area contributed by atoms with Gasteiger partial charge >= 0.3 is 0 Å². The van der Waals surface area contributed by atoms with Crippen LogP contribution in [0.4, 0.5) is 0 Å². The number of carbonyl (C=O) groups is 1. The van der Waals surface area contributed by atoms with E-state index in [1.54, 1.807) is 0 Å². The van der Waals surface area contributed by atoms with E-state index in [4.69, 9.17) is 4.74 Å². The van der Waals surface area contributed by atoms with Crippen LogP contribution in [0.1, 0.15) is 70.7 Å². The van der Waals surface area contributed by atoms with E-state index in [0.29, 0.717) is 17.9 Å². The van der Waals surface area contributed by atoms with E-state index in [1.165, 1.54) is 0 Å². The Hall–Kier alpha value is -1.43. The number of ether oxygens (including phenoxy) is 1. The lowest BCUT2D eigenvalue weighted by atomic mass is 9.89. The third-order valence-corrected chi connectivity index (χ3v) is 5.49. The molecule has 2 aliphatic heterocycles. The van der Waals surface area contributed by atoms with Gasteiger partial charge in [-0.1, -0.05) is 6.92 Å². The maximum atomic E-state index is 12.9. The Kier molecular flexibility index (Phi) is 5.54. The van der Waals surface area contributed by atoms with Gasteiger partial charge in [-0.25, -0.2) is 0 Å². The van der Waals surface area contributed by atoms with Crippen molar-refractivity contribution in [1.82, 2.24) is 19.7 Å². The number of rotatable bonds is 4. The van der Waals surface area contributed by atoms with Crippen molar-refractivity contribution >= 4 is 5.91 Å². The van der Waals surface area contributed by atoms with Crippen molar-refractivity contribution < 1.29 is 9.53 Å². The molecule has 0 radical (unpaired) electrons. The molecule has 0 spiro atoms. The Labute approximate surface area is 144 Å². The summed E-state index contributed by atoms with van der Waals surface area (Å²) in [5.74, 6) is 1.83. The van der Waals surface area contributed by atoms with E-state index in [2.05, 4.69) is 40.4 Å². The number of amides is 1. The number of aromatic nitrogens is 3. The highest BCUT2D eigenvalue weighted by Gasteiger charge is 2.35. The molecule has 3 heterocycles. The van der Waals surface area contributed by atoms with Gasteiger partial charge in [0.2, 0.25) is 5.91 Å². The fourth-order valence-electron chi connectivity index (χ4n) is 4.06. The molecule has 6 nitrogen and oxygen atoms in total. The monoisotopic (exact) mass is 334 g/mol. The van der Waals surface area contributed by atoms with Gasteiger partial charge in [0.1, 0.15) is 12.2 Å². The van der Waals surface area contributed by atoms with Crippen LogP contribution < -0.4 is 0 Å². The molecule has 2 aliphatic rings. The molecule has 1 aromatic rings. The predicted molar refractivity (Wildman–Crippen MR) is 91.7 cm³/mol. The second-order valence-corrected chi connectivity index (χ2v) is 7.36. The molecular weight excluding hydrogens is 304 g/mol. The lowest BCUT2D eigenvalue weighted by Gasteiger charge is -2.37. The van der Waals surface area contributed by atoms with E-state index in [1.807, 2.05) is 6.33 Å². The minimum absolute atomic E-state index is 0.0552. The molecule has 0 aromatic carbocycles. The van der Waals surface area contributed by atoms with E-state index < -0.39 is 0 Å². The molecular formula is C18H30N4O2. The van der Waals surface area contributed by atoms with E-state index in [9.17, 15) is 4.79 Å². The summed E-state index contributed by atoms with van der Waals surface area (Å²) in [5.41, 5.74) is 0. The normalized spacial score (nSPS) is 26.1. The largest absolute Gasteiger partial charge is 0.377 e. The summed E-state index contributed by atoms with van der Waals surface area (Å²) in [6.45, 7) is 8.86. The molecule has 6 heteroatoms. The summed E-state index contributed by atoms with van der Waals surface area (Å²) in [6, 6.07) is 0.374. The summed E-state index contributed by atoms with van der Waals surface area (Å²) < 4.78 is 7.96. The molecule has 24 heavy (non-hydrogen) atoms. The number of carbonyl (C=O) groups excluding carboxylic acids is 1. The number of hydrogen-bond donors (Lipinski definition) is 0. The molecule has 134 valence electrons. The summed E-state index contributed by atoms with van der Waals surface area (Å²) in [4.78, 5) is 15.0. The quantitative estimate of drug-likeness (QED) is 0.849. The van der Waals surface area contributed by atoms with Crippen molar-refractivity contribution in [1.29, 1.82) is 0 Å². The SMILES string of the molecule is CCC1OCCCC1C(=O)N1CCC(c2nncn2C(C)C)CC1. The maximum Gasteiger partial charge on any atom is 0.228 e. The molecule has 0 aliphatic carbocycles. The third-order valence-electron chi connectivity index (χ3n) is 5.49. The highest BCUT2D eigenvalue weighted by atomic mass is 16.5. The van der Waals surface area contributed by atoms with Crippen molar-refractivity contribution in [2.75, 3.05) is 19.7 Å². The van der Waals surface area contributed by atoms with Gasteiger partial charge in [-0.3, -0.25) is 4.79 Å². The van der Waals surface area contributed by atoms with Crippen molar-refractivity contribution in [3.63, 3.8) is 0 Å². The van der Waals surface area contributed by atoms with Crippen LogP contribution in [0.25, 0.3) is 0 Å². The number of likely N-dealkylation sites (tertiary alicyclic amines) is 1. The van der Waals surface area contributed by atoms with Crippen molar-refractivity contribution in [2.24, 2.45) is 5.92 Å². The molecule has 2 fully saturated rings. The van der Waals surface area contributed by atoms with Gasteiger partial charge in [0.25, 0.3) is 0 Å². The van der Waals surface area contributed by atoms with Crippen LogP contribution in [0.5, 0.6) is 0 Å². The first kappa shape index (κ1) is 17.4. The Bertz CT molecular complexity index is 549. The highest BCUT2D eigenvalue weighted by Crippen LogP contribution is 2.31. The first-order chi connectivity index (χ1) is 11.6. The molecule has 2 unspecified atom stereocenters. The van der Waals surface area contributed by atoms with Crippen LogP contribution in [0.15, 0.2) is 6.33 Å².